The third-order valence-corrected chi connectivity index (χ3v) is 4.26. The predicted molar refractivity (Wildman–Crippen MR) is 70.4 cm³/mol. The van der Waals surface area contributed by atoms with E-state index in [1.165, 1.54) is 27.7 Å². The lowest BCUT2D eigenvalue weighted by Gasteiger charge is -2.28. The number of rotatable bonds is 3. The quantitative estimate of drug-likeness (QED) is 0.541. The van der Waals surface area contributed by atoms with Crippen molar-refractivity contribution in [3.63, 3.8) is 0 Å². The van der Waals surface area contributed by atoms with Crippen molar-refractivity contribution in [2.45, 2.75) is 52.6 Å². The van der Waals surface area contributed by atoms with E-state index in [2.05, 4.69) is 0 Å². The molecule has 0 unspecified atom stereocenters. The van der Waals surface area contributed by atoms with Gasteiger partial charge in [-0.1, -0.05) is 0 Å². The maximum Gasteiger partial charge on any atom is 0.460 e. The minimum atomic E-state index is -6.54. The van der Waals surface area contributed by atoms with Crippen molar-refractivity contribution < 1.29 is 35.5 Å². The molecular weight excluding hydrogens is 329 g/mol. The van der Waals surface area contributed by atoms with Gasteiger partial charge in [-0.2, -0.15) is 30.7 Å². The Bertz CT molecular complexity index is 628. The topological polar surface area (TPSA) is 17.1 Å². The Labute approximate surface area is 128 Å². The molecule has 0 saturated carbocycles. The van der Waals surface area contributed by atoms with Crippen LogP contribution in [0.2, 0.25) is 0 Å². The van der Waals surface area contributed by atoms with Crippen LogP contribution in [-0.4, -0.2) is 23.8 Å². The first-order valence-electron chi connectivity index (χ1n) is 6.53. The molecule has 8 heteroatoms. The van der Waals surface area contributed by atoms with E-state index in [1.54, 1.807) is 6.92 Å². The van der Waals surface area contributed by atoms with Gasteiger partial charge in [0.05, 0.1) is 0 Å². The molecule has 0 heterocycles. The fraction of sp³-hybridized carbons (Fsp3) is 0.533. The van der Waals surface area contributed by atoms with Crippen molar-refractivity contribution in [3.05, 3.63) is 33.4 Å². The molecule has 0 atom stereocenters. The lowest BCUT2D eigenvalue weighted by Crippen LogP contribution is -2.56. The highest BCUT2D eigenvalue weighted by Gasteiger charge is 2.76. The molecule has 0 aliphatic carbocycles. The summed E-state index contributed by atoms with van der Waals surface area (Å²) in [4.78, 5) is 11.9. The van der Waals surface area contributed by atoms with Crippen molar-refractivity contribution in [2.75, 3.05) is 0 Å². The van der Waals surface area contributed by atoms with Crippen molar-refractivity contribution in [1.82, 2.24) is 0 Å². The second-order valence-electron chi connectivity index (χ2n) is 5.48. The Balaban J connectivity index is 3.65. The van der Waals surface area contributed by atoms with Gasteiger partial charge in [-0.05, 0) is 62.4 Å². The molecule has 1 aromatic carbocycles. The summed E-state index contributed by atoms with van der Waals surface area (Å²) in [7, 11) is 0. The van der Waals surface area contributed by atoms with Crippen LogP contribution in [0.25, 0.3) is 0 Å². The van der Waals surface area contributed by atoms with Crippen molar-refractivity contribution in [3.8, 4) is 0 Å². The van der Waals surface area contributed by atoms with Crippen LogP contribution in [0, 0.1) is 34.6 Å². The number of Topliss-reactive ketones (excluding diaryl/α,β-unsaturated/α-hetero) is 1. The average molecular weight is 344 g/mol. The summed E-state index contributed by atoms with van der Waals surface area (Å²) >= 11 is 0. The van der Waals surface area contributed by atoms with Gasteiger partial charge in [0.1, 0.15) is 0 Å². The first-order chi connectivity index (χ1) is 10.1. The van der Waals surface area contributed by atoms with Gasteiger partial charge >= 0.3 is 18.0 Å². The van der Waals surface area contributed by atoms with E-state index in [0.29, 0.717) is 16.7 Å². The van der Waals surface area contributed by atoms with Crippen LogP contribution in [0.3, 0.4) is 0 Å². The zero-order valence-electron chi connectivity index (χ0n) is 13.1. The normalized spacial score (nSPS) is 13.4. The van der Waals surface area contributed by atoms with Crippen LogP contribution in [0.5, 0.6) is 0 Å². The maximum atomic E-state index is 13.7. The van der Waals surface area contributed by atoms with Crippen molar-refractivity contribution in [2.24, 2.45) is 0 Å². The van der Waals surface area contributed by atoms with Gasteiger partial charge in [0.2, 0.25) is 5.78 Å². The molecule has 0 fully saturated rings. The zero-order chi connectivity index (χ0) is 18.5. The average Bonchev–Trinajstić information content (AvgIpc) is 2.41. The Morgan fingerprint density at radius 2 is 0.957 bits per heavy atom. The van der Waals surface area contributed by atoms with Crippen LogP contribution in [0.1, 0.15) is 38.2 Å². The second kappa shape index (κ2) is 5.49. The maximum absolute atomic E-state index is 13.7. The van der Waals surface area contributed by atoms with Crippen LogP contribution in [-0.2, 0) is 0 Å². The highest BCUT2D eigenvalue weighted by Crippen LogP contribution is 2.48. The van der Waals surface area contributed by atoms with Gasteiger partial charge in [-0.3, -0.25) is 4.79 Å². The van der Waals surface area contributed by atoms with E-state index in [4.69, 9.17) is 0 Å². The van der Waals surface area contributed by atoms with Crippen LogP contribution < -0.4 is 0 Å². The molecule has 1 nitrogen and oxygen atoms in total. The number of carbonyl (C=O) groups excluding carboxylic acids is 1. The summed E-state index contributed by atoms with van der Waals surface area (Å²) < 4.78 is 90.3. The molecule has 0 aliphatic rings. The first kappa shape index (κ1) is 19.4. The number of alkyl halides is 7. The van der Waals surface area contributed by atoms with Gasteiger partial charge in [-0.15, -0.1) is 0 Å². The SMILES string of the molecule is Cc1c(C)c(C)c(C(=O)C(F)(F)C(F)(F)C(F)(F)F)c(C)c1C. The number of halogens is 7. The highest BCUT2D eigenvalue weighted by atomic mass is 19.4. The molecule has 130 valence electrons. The number of carbonyl (C=O) groups is 1. The molecule has 0 spiro atoms. The van der Waals surface area contributed by atoms with Crippen LogP contribution in [0.15, 0.2) is 0 Å². The molecule has 0 aliphatic heterocycles. The van der Waals surface area contributed by atoms with E-state index in [1.807, 2.05) is 0 Å². The molecule has 1 aromatic rings. The number of hydrogen-bond acceptors (Lipinski definition) is 1. The fourth-order valence-electron chi connectivity index (χ4n) is 2.32. The molecule has 0 N–H and O–H groups in total. The number of ketones is 1. The zero-order valence-corrected chi connectivity index (χ0v) is 13.1. The van der Waals surface area contributed by atoms with E-state index in [0.717, 1.165) is 0 Å². The van der Waals surface area contributed by atoms with E-state index in [-0.39, 0.29) is 11.1 Å². The van der Waals surface area contributed by atoms with E-state index >= 15 is 0 Å². The van der Waals surface area contributed by atoms with E-state index < -0.39 is 29.4 Å². The Kier molecular flexibility index (Phi) is 4.64. The number of hydrogen-bond donors (Lipinski definition) is 0. The van der Waals surface area contributed by atoms with Gasteiger partial charge in [0, 0.05) is 5.56 Å². The minimum Gasteiger partial charge on any atom is -0.287 e. The molecule has 0 saturated heterocycles. The molecule has 0 amide bonds. The van der Waals surface area contributed by atoms with Crippen molar-refractivity contribution >= 4 is 5.78 Å². The summed E-state index contributed by atoms with van der Waals surface area (Å²) in [5, 5.41) is 0. The fourth-order valence-corrected chi connectivity index (χ4v) is 2.32. The Hall–Kier alpha value is -1.60. The summed E-state index contributed by atoms with van der Waals surface area (Å²) in [5.41, 5.74) is 0.577. The van der Waals surface area contributed by atoms with Gasteiger partial charge in [0.15, 0.2) is 0 Å². The van der Waals surface area contributed by atoms with Crippen molar-refractivity contribution in [1.29, 1.82) is 0 Å². The number of benzene rings is 1. The third kappa shape index (κ3) is 2.72. The largest absolute Gasteiger partial charge is 0.460 e. The molecule has 0 aromatic heterocycles. The minimum absolute atomic E-state index is 0.0340. The van der Waals surface area contributed by atoms with Gasteiger partial charge in [0.25, 0.3) is 0 Å². The molecule has 1 rings (SSSR count). The Morgan fingerprint density at radius 1 is 0.652 bits per heavy atom. The third-order valence-electron chi connectivity index (χ3n) is 4.26. The molecular formula is C15H15F7O. The van der Waals surface area contributed by atoms with Gasteiger partial charge in [-0.25, -0.2) is 0 Å². The monoisotopic (exact) mass is 344 g/mol. The van der Waals surface area contributed by atoms with Gasteiger partial charge < -0.3 is 0 Å². The highest BCUT2D eigenvalue weighted by molar-refractivity contribution is 6.05. The molecule has 23 heavy (non-hydrogen) atoms. The lowest BCUT2D eigenvalue weighted by molar-refractivity contribution is -0.339. The lowest BCUT2D eigenvalue weighted by atomic mass is 9.85. The molecule has 0 bridgehead atoms. The van der Waals surface area contributed by atoms with Crippen LogP contribution >= 0.6 is 0 Å². The molecule has 0 radical (unpaired) electrons. The van der Waals surface area contributed by atoms with E-state index in [9.17, 15) is 35.5 Å². The predicted octanol–water partition coefficient (Wildman–Crippen LogP) is 5.24. The smallest absolute Gasteiger partial charge is 0.287 e. The summed E-state index contributed by atoms with van der Waals surface area (Å²) in [6.07, 6.45) is -6.54. The van der Waals surface area contributed by atoms with Crippen LogP contribution in [0.4, 0.5) is 30.7 Å². The second-order valence-corrected chi connectivity index (χ2v) is 5.48. The summed E-state index contributed by atoms with van der Waals surface area (Å²) in [5.74, 6) is -14.9. The standard InChI is InChI=1S/C15H15F7O/c1-6-7(2)9(4)11(10(5)8(6)3)12(23)13(16,17)14(18,19)15(20,21)22/h1-5H3. The Morgan fingerprint density at radius 3 is 1.26 bits per heavy atom. The summed E-state index contributed by atoms with van der Waals surface area (Å²) in [6, 6.07) is 0. The first-order valence-corrected chi connectivity index (χ1v) is 6.53. The summed E-state index contributed by atoms with van der Waals surface area (Å²) in [6.45, 7) is 7.08.